The molecule has 0 aliphatic rings. The van der Waals surface area contributed by atoms with Gasteiger partial charge in [0.15, 0.2) is 6.29 Å². The van der Waals surface area contributed by atoms with Crippen LogP contribution in [-0.4, -0.2) is 16.5 Å². The molecule has 0 aliphatic heterocycles. The molecule has 1 N–H and O–H groups in total. The highest BCUT2D eigenvalue weighted by molar-refractivity contribution is 6.36. The van der Waals surface area contributed by atoms with E-state index >= 15 is 0 Å². The fourth-order valence-corrected chi connectivity index (χ4v) is 1.80. The molecule has 0 spiro atoms. The molecule has 3 nitrogen and oxygen atoms in total. The number of aldehydes is 1. The van der Waals surface area contributed by atoms with Crippen molar-refractivity contribution in [1.82, 2.24) is 10.2 Å². The first-order valence-corrected chi connectivity index (χ1v) is 4.92. The van der Waals surface area contributed by atoms with Gasteiger partial charge in [-0.05, 0) is 18.2 Å². The second kappa shape index (κ2) is 4.04. The molecular formula is C10H6Cl2N2O. The van der Waals surface area contributed by atoms with Crippen LogP contribution < -0.4 is 0 Å². The maximum absolute atomic E-state index is 10.7. The van der Waals surface area contributed by atoms with E-state index in [9.17, 15) is 4.79 Å². The minimum Gasteiger partial charge on any atom is -0.298 e. The molecule has 0 saturated heterocycles. The number of hydrogen-bond donors (Lipinski definition) is 1. The number of H-pyrrole nitrogens is 1. The highest BCUT2D eigenvalue weighted by Gasteiger charge is 2.10. The van der Waals surface area contributed by atoms with Crippen molar-refractivity contribution >= 4 is 29.5 Å². The summed E-state index contributed by atoms with van der Waals surface area (Å²) in [4.78, 5) is 10.7. The van der Waals surface area contributed by atoms with Crippen molar-refractivity contribution < 1.29 is 4.79 Å². The lowest BCUT2D eigenvalue weighted by Gasteiger charge is -2.02. The third-order valence-corrected chi connectivity index (χ3v) is 2.54. The largest absolute Gasteiger partial charge is 0.298 e. The number of hydrogen-bond acceptors (Lipinski definition) is 2. The van der Waals surface area contributed by atoms with Crippen molar-refractivity contribution in [1.29, 1.82) is 0 Å². The van der Waals surface area contributed by atoms with Gasteiger partial charge in [-0.2, -0.15) is 5.10 Å². The van der Waals surface area contributed by atoms with Crippen LogP contribution in [0.2, 0.25) is 10.0 Å². The molecule has 1 aromatic heterocycles. The number of rotatable bonds is 2. The fraction of sp³-hybridized carbons (Fsp3) is 0. The van der Waals surface area contributed by atoms with Gasteiger partial charge in [0.25, 0.3) is 0 Å². The van der Waals surface area contributed by atoms with E-state index in [2.05, 4.69) is 10.2 Å². The topological polar surface area (TPSA) is 45.8 Å². The molecule has 0 saturated carbocycles. The zero-order valence-corrected chi connectivity index (χ0v) is 9.01. The molecule has 0 atom stereocenters. The number of benzene rings is 1. The molecule has 0 aliphatic carbocycles. The summed E-state index contributed by atoms with van der Waals surface area (Å²) in [6.07, 6.45) is 2.18. The van der Waals surface area contributed by atoms with Crippen LogP contribution in [0.4, 0.5) is 0 Å². The molecule has 0 amide bonds. The molecule has 5 heteroatoms. The number of carbonyl (C=O) groups excluding carboxylic acids is 1. The lowest BCUT2D eigenvalue weighted by molar-refractivity contribution is 0.112. The summed E-state index contributed by atoms with van der Waals surface area (Å²) < 4.78 is 0. The Morgan fingerprint density at radius 1 is 1.33 bits per heavy atom. The lowest BCUT2D eigenvalue weighted by atomic mass is 10.1. The van der Waals surface area contributed by atoms with Crippen LogP contribution in [0.15, 0.2) is 24.4 Å². The summed E-state index contributed by atoms with van der Waals surface area (Å²) in [7, 11) is 0. The number of halogens is 2. The molecule has 0 fully saturated rings. The first-order chi connectivity index (χ1) is 7.22. The molecular weight excluding hydrogens is 235 g/mol. The lowest BCUT2D eigenvalue weighted by Crippen LogP contribution is -1.85. The molecule has 1 aromatic carbocycles. The van der Waals surface area contributed by atoms with Crippen LogP contribution in [0.1, 0.15) is 10.4 Å². The quantitative estimate of drug-likeness (QED) is 0.820. The molecule has 2 rings (SSSR count). The Balaban J connectivity index is 2.59. The number of aromatic amines is 1. The maximum atomic E-state index is 10.7. The van der Waals surface area contributed by atoms with Crippen molar-refractivity contribution in [3.63, 3.8) is 0 Å². The standard InChI is InChI=1S/C10H6Cl2N2O/c11-7-1-2-8(9(12)3-7)10-6(5-15)4-13-14-10/h1-5H,(H,13,14). The van der Waals surface area contributed by atoms with Gasteiger partial charge in [-0.15, -0.1) is 0 Å². The van der Waals surface area contributed by atoms with E-state index in [1.807, 2.05) is 0 Å². The van der Waals surface area contributed by atoms with Gasteiger partial charge in [0.1, 0.15) is 0 Å². The second-order valence-corrected chi connectivity index (χ2v) is 3.79. The Morgan fingerprint density at radius 3 is 2.80 bits per heavy atom. The van der Waals surface area contributed by atoms with Crippen molar-refractivity contribution in [2.24, 2.45) is 0 Å². The van der Waals surface area contributed by atoms with Crippen LogP contribution in [-0.2, 0) is 0 Å². The van der Waals surface area contributed by atoms with Crippen LogP contribution in [0.3, 0.4) is 0 Å². The molecule has 76 valence electrons. The van der Waals surface area contributed by atoms with Crippen LogP contribution >= 0.6 is 23.2 Å². The van der Waals surface area contributed by atoms with E-state index < -0.39 is 0 Å². The molecule has 2 aromatic rings. The highest BCUT2D eigenvalue weighted by atomic mass is 35.5. The first kappa shape index (κ1) is 10.2. The Labute approximate surface area is 96.0 Å². The number of carbonyl (C=O) groups is 1. The number of nitrogens with zero attached hydrogens (tertiary/aromatic N) is 1. The maximum Gasteiger partial charge on any atom is 0.153 e. The Bertz CT molecular complexity index is 508. The van der Waals surface area contributed by atoms with Crippen LogP contribution in [0, 0.1) is 0 Å². The third-order valence-electron chi connectivity index (χ3n) is 2.00. The zero-order chi connectivity index (χ0) is 10.8. The smallest absolute Gasteiger partial charge is 0.153 e. The van der Waals surface area contributed by atoms with Gasteiger partial charge in [0, 0.05) is 10.6 Å². The number of nitrogens with one attached hydrogen (secondary N) is 1. The van der Waals surface area contributed by atoms with Crippen LogP contribution in [0.5, 0.6) is 0 Å². The van der Waals surface area contributed by atoms with Gasteiger partial charge in [0.2, 0.25) is 0 Å². The van der Waals surface area contributed by atoms with Crippen molar-refractivity contribution in [2.75, 3.05) is 0 Å². The zero-order valence-electron chi connectivity index (χ0n) is 7.50. The third kappa shape index (κ3) is 1.89. The Kier molecular flexibility index (Phi) is 2.75. The Morgan fingerprint density at radius 2 is 2.13 bits per heavy atom. The summed E-state index contributed by atoms with van der Waals surface area (Å²) >= 11 is 11.8. The van der Waals surface area contributed by atoms with E-state index in [0.717, 1.165) is 6.29 Å². The number of aromatic nitrogens is 2. The average Bonchev–Trinajstić information content (AvgIpc) is 2.65. The molecule has 1 heterocycles. The van der Waals surface area contributed by atoms with Crippen molar-refractivity contribution in [3.05, 3.63) is 40.0 Å². The summed E-state index contributed by atoms with van der Waals surface area (Å²) in [6, 6.07) is 5.07. The van der Waals surface area contributed by atoms with Gasteiger partial charge in [-0.3, -0.25) is 9.89 Å². The SMILES string of the molecule is O=Cc1cn[nH]c1-c1ccc(Cl)cc1Cl. The predicted molar refractivity (Wildman–Crippen MR) is 59.4 cm³/mol. The highest BCUT2D eigenvalue weighted by Crippen LogP contribution is 2.30. The average molecular weight is 241 g/mol. The summed E-state index contributed by atoms with van der Waals surface area (Å²) in [5, 5.41) is 7.54. The normalized spacial score (nSPS) is 10.3. The molecule has 15 heavy (non-hydrogen) atoms. The second-order valence-electron chi connectivity index (χ2n) is 2.94. The van der Waals surface area contributed by atoms with Gasteiger partial charge in [-0.25, -0.2) is 0 Å². The molecule has 0 radical (unpaired) electrons. The van der Waals surface area contributed by atoms with E-state index in [4.69, 9.17) is 23.2 Å². The monoisotopic (exact) mass is 240 g/mol. The summed E-state index contributed by atoms with van der Waals surface area (Å²) in [6.45, 7) is 0. The van der Waals surface area contributed by atoms with Crippen molar-refractivity contribution in [3.8, 4) is 11.3 Å². The van der Waals surface area contributed by atoms with E-state index in [-0.39, 0.29) is 0 Å². The Hall–Kier alpha value is -1.32. The van der Waals surface area contributed by atoms with Crippen LogP contribution in [0.25, 0.3) is 11.3 Å². The predicted octanol–water partition coefficient (Wildman–Crippen LogP) is 3.20. The fourth-order valence-electron chi connectivity index (χ4n) is 1.29. The van der Waals surface area contributed by atoms with Gasteiger partial charge in [-0.1, -0.05) is 23.2 Å². The molecule has 0 bridgehead atoms. The minimum atomic E-state index is 0.472. The van der Waals surface area contributed by atoms with E-state index in [1.165, 1.54) is 6.20 Å². The van der Waals surface area contributed by atoms with Gasteiger partial charge >= 0.3 is 0 Å². The molecule has 0 unspecified atom stereocenters. The van der Waals surface area contributed by atoms with Gasteiger partial charge in [0.05, 0.1) is 22.5 Å². The van der Waals surface area contributed by atoms with Gasteiger partial charge < -0.3 is 0 Å². The first-order valence-electron chi connectivity index (χ1n) is 4.16. The van der Waals surface area contributed by atoms with Crippen molar-refractivity contribution in [2.45, 2.75) is 0 Å². The summed E-state index contributed by atoms with van der Waals surface area (Å²) in [5.74, 6) is 0. The van der Waals surface area contributed by atoms with E-state index in [1.54, 1.807) is 18.2 Å². The van der Waals surface area contributed by atoms with E-state index in [0.29, 0.717) is 26.9 Å². The summed E-state index contributed by atoms with van der Waals surface area (Å²) in [5.41, 5.74) is 1.78. The minimum absolute atomic E-state index is 0.472.